The summed E-state index contributed by atoms with van der Waals surface area (Å²) in [7, 11) is 0. The van der Waals surface area contributed by atoms with E-state index in [1.165, 1.54) is 4.90 Å². The molecule has 5 heterocycles. The van der Waals surface area contributed by atoms with Crippen LogP contribution in [0.5, 0.6) is 0 Å². The summed E-state index contributed by atoms with van der Waals surface area (Å²) in [5.41, 5.74) is 17.9. The lowest BCUT2D eigenvalue weighted by Gasteiger charge is -2.23. The lowest BCUT2D eigenvalue weighted by Crippen LogP contribution is -2.43. The lowest BCUT2D eigenvalue weighted by atomic mass is 10.2. The van der Waals surface area contributed by atoms with E-state index in [2.05, 4.69) is 28.8 Å². The van der Waals surface area contributed by atoms with E-state index in [1.54, 1.807) is 97.8 Å². The van der Waals surface area contributed by atoms with Crippen molar-refractivity contribution in [1.82, 2.24) is 24.7 Å². The van der Waals surface area contributed by atoms with E-state index in [9.17, 15) is 67.1 Å². The molecule has 0 radical (unpaired) electrons. The third-order valence-electron chi connectivity index (χ3n) is 12.6. The number of primary amides is 1. The zero-order valence-corrected chi connectivity index (χ0v) is 57.0. The maximum absolute atomic E-state index is 11.9. The van der Waals surface area contributed by atoms with Gasteiger partial charge in [0.05, 0.1) is 76.4 Å². The van der Waals surface area contributed by atoms with Crippen LogP contribution < -0.4 is 22.9 Å². The normalized spacial score (nSPS) is 17.8. The Morgan fingerprint density at radius 1 is 0.421 bits per heavy atom. The minimum absolute atomic E-state index is 0.0121. The number of esters is 4. The number of carboxylic acids is 2. The van der Waals surface area contributed by atoms with Crippen LogP contribution >= 0.6 is 0 Å². The fourth-order valence-electron chi connectivity index (χ4n) is 8.69. The van der Waals surface area contributed by atoms with Gasteiger partial charge in [-0.3, -0.25) is 62.3 Å². The summed E-state index contributed by atoms with van der Waals surface area (Å²) in [6, 6.07) is 4.96. The Hall–Kier alpha value is -8.87. The number of nitrogens with two attached hydrogens (primary N) is 4. The quantitative estimate of drug-likeness (QED) is 0.0689. The Kier molecular flexibility index (Phi) is 40.8. The topological polar surface area (TPSA) is 517 Å². The third kappa shape index (κ3) is 40.8. The Bertz CT molecular complexity index is 2690. The van der Waals surface area contributed by atoms with Gasteiger partial charge in [-0.2, -0.15) is 15.8 Å². The van der Waals surface area contributed by atoms with Gasteiger partial charge in [-0.15, -0.1) is 5.06 Å². The summed E-state index contributed by atoms with van der Waals surface area (Å²) < 4.78 is 20.1. The second-order valence-corrected chi connectivity index (χ2v) is 25.6. The molecule has 10 N–H and O–H groups in total. The molecule has 5 rings (SSSR count). The SMILES string of the molecule is CC(C)(C)OC(=O)CCC(=O)N1CCC[C@H]1C#N.CC(C)(C)OC(=O)CCC(=O)N1CCC[C@H]1C(N)=O.CC(C)(C)OC(=O)CCC(=O)O.CC(C)(C)OC(=O)CCC(=O)ON1C(=O)CCC1=O.N#C[C@@H]1CCCN1C(=O)CN.N#C[C@@H]1CCCN1C(=O)CN.NCC(=O)O. The van der Waals surface area contributed by atoms with Gasteiger partial charge in [0.2, 0.25) is 29.5 Å². The number of ether oxygens (including phenoxy) is 4. The number of amides is 7. The van der Waals surface area contributed by atoms with Crippen LogP contribution in [0.4, 0.5) is 0 Å². The molecule has 0 spiro atoms. The summed E-state index contributed by atoms with van der Waals surface area (Å²) in [6.45, 7) is 23.3. The van der Waals surface area contributed by atoms with E-state index in [0.717, 1.165) is 44.9 Å². The van der Waals surface area contributed by atoms with Gasteiger partial charge < -0.3 is 76.5 Å². The highest BCUT2D eigenvalue weighted by Crippen LogP contribution is 2.22. The van der Waals surface area contributed by atoms with Gasteiger partial charge in [0.25, 0.3) is 11.8 Å². The number of nitrogens with zero attached hydrogens (tertiary/aromatic N) is 8. The van der Waals surface area contributed by atoms with E-state index in [1.807, 2.05) is 0 Å². The summed E-state index contributed by atoms with van der Waals surface area (Å²) in [6.07, 6.45) is 6.10. The third-order valence-corrected chi connectivity index (χ3v) is 12.6. The predicted octanol–water partition coefficient (Wildman–Crippen LogP) is 2.06. The first-order valence-corrected chi connectivity index (χ1v) is 31.0. The zero-order chi connectivity index (χ0) is 73.6. The molecule has 5 saturated heterocycles. The Balaban J connectivity index is 0. The van der Waals surface area contributed by atoms with Crippen molar-refractivity contribution in [3.63, 3.8) is 0 Å². The first-order valence-electron chi connectivity index (χ1n) is 31.0. The molecule has 5 aliphatic rings. The maximum Gasteiger partial charge on any atom is 0.333 e. The van der Waals surface area contributed by atoms with E-state index in [4.69, 9.17) is 62.1 Å². The van der Waals surface area contributed by atoms with Crippen LogP contribution in [0.15, 0.2) is 0 Å². The van der Waals surface area contributed by atoms with Gasteiger partial charge in [-0.05, 0) is 134 Å². The number of carbonyl (C=O) groups excluding carboxylic acids is 12. The van der Waals surface area contributed by atoms with Crippen molar-refractivity contribution in [2.24, 2.45) is 22.9 Å². The molecular formula is C62H100N12O21. The smallest absolute Gasteiger partial charge is 0.333 e. The maximum atomic E-state index is 11.9. The molecule has 7 amide bonds. The minimum atomic E-state index is -0.985. The highest BCUT2D eigenvalue weighted by Gasteiger charge is 2.35. The van der Waals surface area contributed by atoms with Crippen molar-refractivity contribution in [3.8, 4) is 18.2 Å². The molecule has 5 fully saturated rings. The van der Waals surface area contributed by atoms with Gasteiger partial charge in [0.1, 0.15) is 46.6 Å². The summed E-state index contributed by atoms with van der Waals surface area (Å²) in [4.78, 5) is 166. The highest BCUT2D eigenvalue weighted by atomic mass is 16.7. The average molecular weight is 1350 g/mol. The fourth-order valence-corrected chi connectivity index (χ4v) is 8.69. The number of hydroxylamine groups is 2. The number of rotatable bonds is 17. The van der Waals surface area contributed by atoms with Gasteiger partial charge in [0, 0.05) is 51.9 Å². The standard InChI is InChI=1S/C13H22N2O4.C13H20N2O3.C12H17NO6.C8H14O4.2C7H11N3O.C2H5NO2/c1-13(2,3)19-11(17)7-6-10(16)15-8-4-5-9(15)12(14)18;1-13(2,3)18-12(17)7-6-11(16)15-8-4-5-10(15)9-14;1-12(2,3)18-10(16)6-7-11(17)19-13-8(14)4-5-9(13)15;1-8(2,3)12-7(11)5-4-6(9)10;2*8-4-6-2-1-3-10(6)7(11)5-9;3-1-2(4)5/h9H,4-8H2,1-3H3,(H2,14,18);10H,4-8H2,1-3H3;4-7H2,1-3H3;4-5H2,1-3H3,(H,9,10);2*6H,1-3,5,9H2;1,3H2,(H,4,5)/t9-;10-;;;2*6-;/m00..00./s1. The Morgan fingerprint density at radius 3 is 0.979 bits per heavy atom. The van der Waals surface area contributed by atoms with Crippen LogP contribution in [-0.4, -0.2) is 210 Å². The Morgan fingerprint density at radius 2 is 0.695 bits per heavy atom. The van der Waals surface area contributed by atoms with Crippen LogP contribution in [0, 0.1) is 34.0 Å². The number of hydrogen-bond donors (Lipinski definition) is 6. The van der Waals surface area contributed by atoms with E-state index in [-0.39, 0.29) is 132 Å². The lowest BCUT2D eigenvalue weighted by molar-refractivity contribution is -0.197. The summed E-state index contributed by atoms with van der Waals surface area (Å²) >= 11 is 0. The average Bonchev–Trinajstić information content (AvgIpc) is 1.92. The second kappa shape index (κ2) is 43.9. The number of aliphatic carboxylic acids is 2. The van der Waals surface area contributed by atoms with E-state index < -0.39 is 82.0 Å². The molecule has 95 heavy (non-hydrogen) atoms. The molecule has 0 aromatic rings. The number of carbonyl (C=O) groups is 14. The number of hydrogen-bond acceptors (Lipinski definition) is 25. The van der Waals surface area contributed by atoms with Gasteiger partial charge in [-0.1, -0.05) is 0 Å². The van der Waals surface area contributed by atoms with Crippen molar-refractivity contribution in [1.29, 1.82) is 15.8 Å². The first-order chi connectivity index (χ1) is 43.9. The zero-order valence-electron chi connectivity index (χ0n) is 57.0. The van der Waals surface area contributed by atoms with Crippen molar-refractivity contribution in [3.05, 3.63) is 0 Å². The van der Waals surface area contributed by atoms with Crippen molar-refractivity contribution in [2.75, 3.05) is 45.8 Å². The highest BCUT2D eigenvalue weighted by molar-refractivity contribution is 6.01. The van der Waals surface area contributed by atoms with Crippen LogP contribution in [0.2, 0.25) is 0 Å². The molecule has 0 bridgehead atoms. The molecular weight excluding hydrogens is 1250 g/mol. The van der Waals surface area contributed by atoms with Crippen molar-refractivity contribution >= 4 is 83.1 Å². The van der Waals surface area contributed by atoms with Gasteiger partial charge >= 0.3 is 41.8 Å². The molecule has 33 heteroatoms. The predicted molar refractivity (Wildman–Crippen MR) is 335 cm³/mol. The molecule has 534 valence electrons. The molecule has 5 aliphatic heterocycles. The van der Waals surface area contributed by atoms with E-state index in [0.29, 0.717) is 37.7 Å². The van der Waals surface area contributed by atoms with Crippen LogP contribution in [-0.2, 0) is 90.9 Å². The van der Waals surface area contributed by atoms with Crippen LogP contribution in [0.1, 0.15) is 199 Å². The largest absolute Gasteiger partial charge is 0.481 e. The van der Waals surface area contributed by atoms with E-state index >= 15 is 0 Å². The van der Waals surface area contributed by atoms with Crippen LogP contribution in [0.3, 0.4) is 0 Å². The summed E-state index contributed by atoms with van der Waals surface area (Å²) in [5, 5.41) is 42.4. The number of nitriles is 3. The fraction of sp³-hybridized carbons (Fsp3) is 0.726. The van der Waals surface area contributed by atoms with Gasteiger partial charge in [0.15, 0.2) is 0 Å². The first kappa shape index (κ1) is 88.2. The number of likely N-dealkylation sites (tertiary alicyclic amines) is 4. The summed E-state index contributed by atoms with van der Waals surface area (Å²) in [5.74, 6) is -6.71. The Labute approximate surface area is 555 Å². The number of imide groups is 1. The molecule has 0 aliphatic carbocycles. The van der Waals surface area contributed by atoms with Crippen LogP contribution in [0.25, 0.3) is 0 Å². The molecule has 0 unspecified atom stereocenters. The molecule has 4 atom stereocenters. The molecule has 0 saturated carbocycles. The van der Waals surface area contributed by atoms with Crippen molar-refractivity contribution < 1.29 is 101 Å². The molecule has 0 aromatic carbocycles. The minimum Gasteiger partial charge on any atom is -0.481 e. The molecule has 0 aromatic heterocycles. The second-order valence-electron chi connectivity index (χ2n) is 25.6. The van der Waals surface area contributed by atoms with Crippen molar-refractivity contribution in [2.45, 2.75) is 245 Å². The monoisotopic (exact) mass is 1350 g/mol. The molecule has 33 nitrogen and oxygen atoms in total. The number of carboxylic acid groups (broad SMARTS) is 2. The van der Waals surface area contributed by atoms with Gasteiger partial charge in [-0.25, -0.2) is 4.79 Å².